The van der Waals surface area contributed by atoms with Crippen molar-refractivity contribution in [2.75, 3.05) is 19.8 Å². The number of hydrogen-bond donors (Lipinski definition) is 2. The summed E-state index contributed by atoms with van der Waals surface area (Å²) in [5, 5.41) is 17.7. The number of aliphatic hydroxyl groups is 1. The lowest BCUT2D eigenvalue weighted by atomic mass is 10.2. The zero-order chi connectivity index (χ0) is 15.8. The predicted octanol–water partition coefficient (Wildman–Crippen LogP) is 2.64. The highest BCUT2D eigenvalue weighted by Crippen LogP contribution is 2.37. The van der Waals surface area contributed by atoms with Crippen molar-refractivity contribution in [1.82, 2.24) is 0 Å². The van der Waals surface area contributed by atoms with E-state index in [4.69, 9.17) is 19.4 Å². The third kappa shape index (κ3) is 7.99. The van der Waals surface area contributed by atoms with E-state index < -0.39 is 14.3 Å². The van der Waals surface area contributed by atoms with E-state index in [0.717, 1.165) is 0 Å². The van der Waals surface area contributed by atoms with Crippen molar-refractivity contribution in [1.29, 1.82) is 0 Å². The third-order valence-corrected chi connectivity index (χ3v) is 8.24. The molecule has 6 heteroatoms. The highest BCUT2D eigenvalue weighted by Gasteiger charge is 2.39. The van der Waals surface area contributed by atoms with Crippen LogP contribution in [0.1, 0.15) is 40.0 Å². The first-order valence-electron chi connectivity index (χ1n) is 7.18. The van der Waals surface area contributed by atoms with Gasteiger partial charge in [0.05, 0.1) is 12.5 Å². The maximum atomic E-state index is 10.9. The standard InChI is InChI=1S/C14H30O5Si/c1-14(2,3)20(4,5)19-12(11-13(16)17)7-10-18-9-6-8-15/h12,15H,6-11H2,1-5H3,(H,16,17)/t12-/m1/s1. The molecule has 0 aromatic rings. The second kappa shape index (κ2) is 8.77. The number of ether oxygens (including phenoxy) is 1. The Morgan fingerprint density at radius 1 is 1.25 bits per heavy atom. The predicted molar refractivity (Wildman–Crippen MR) is 81.5 cm³/mol. The summed E-state index contributed by atoms with van der Waals surface area (Å²) in [6.45, 7) is 11.7. The van der Waals surface area contributed by atoms with E-state index in [1.807, 2.05) is 0 Å². The minimum absolute atomic E-state index is 0.00979. The zero-order valence-electron chi connectivity index (χ0n) is 13.4. The summed E-state index contributed by atoms with van der Waals surface area (Å²) in [6, 6.07) is 0. The van der Waals surface area contributed by atoms with Crippen LogP contribution < -0.4 is 0 Å². The van der Waals surface area contributed by atoms with Crippen molar-refractivity contribution < 1.29 is 24.2 Å². The quantitative estimate of drug-likeness (QED) is 0.479. The van der Waals surface area contributed by atoms with Gasteiger partial charge in [-0.1, -0.05) is 20.8 Å². The molecule has 0 heterocycles. The fourth-order valence-electron chi connectivity index (χ4n) is 1.47. The molecule has 0 unspecified atom stereocenters. The number of hydrogen-bond acceptors (Lipinski definition) is 4. The normalized spacial score (nSPS) is 14.3. The van der Waals surface area contributed by atoms with Crippen molar-refractivity contribution in [3.63, 3.8) is 0 Å². The topological polar surface area (TPSA) is 76.0 Å². The van der Waals surface area contributed by atoms with Crippen LogP contribution >= 0.6 is 0 Å². The average Bonchev–Trinajstić information content (AvgIpc) is 2.25. The highest BCUT2D eigenvalue weighted by molar-refractivity contribution is 6.74. The van der Waals surface area contributed by atoms with Crippen LogP contribution in [0, 0.1) is 0 Å². The van der Waals surface area contributed by atoms with E-state index >= 15 is 0 Å². The Morgan fingerprint density at radius 3 is 2.30 bits per heavy atom. The van der Waals surface area contributed by atoms with Gasteiger partial charge in [-0.25, -0.2) is 0 Å². The molecule has 0 amide bonds. The molecular weight excluding hydrogens is 276 g/mol. The first kappa shape index (κ1) is 19.6. The summed E-state index contributed by atoms with van der Waals surface area (Å²) in [6.07, 6.45) is 0.884. The van der Waals surface area contributed by atoms with E-state index in [1.165, 1.54) is 0 Å². The fourth-order valence-corrected chi connectivity index (χ4v) is 2.86. The summed E-state index contributed by atoms with van der Waals surface area (Å²) in [5.74, 6) is -0.843. The summed E-state index contributed by atoms with van der Waals surface area (Å²) in [4.78, 5) is 10.9. The summed E-state index contributed by atoms with van der Waals surface area (Å²) in [5.41, 5.74) is 0. The molecule has 0 saturated carbocycles. The van der Waals surface area contributed by atoms with Gasteiger partial charge in [-0.15, -0.1) is 0 Å². The molecule has 0 aliphatic rings. The van der Waals surface area contributed by atoms with Crippen LogP contribution in [0.2, 0.25) is 18.1 Å². The van der Waals surface area contributed by atoms with Crippen molar-refractivity contribution in [2.24, 2.45) is 0 Å². The second-order valence-corrected chi connectivity index (χ2v) is 11.3. The molecule has 1 atom stereocenters. The van der Waals surface area contributed by atoms with Crippen molar-refractivity contribution >= 4 is 14.3 Å². The Hall–Kier alpha value is -0.433. The van der Waals surface area contributed by atoms with Gasteiger partial charge in [-0.3, -0.25) is 4.79 Å². The van der Waals surface area contributed by atoms with Gasteiger partial charge in [0.2, 0.25) is 0 Å². The zero-order valence-corrected chi connectivity index (χ0v) is 14.4. The molecule has 0 aliphatic carbocycles. The number of rotatable bonds is 10. The van der Waals surface area contributed by atoms with Gasteiger partial charge in [0.25, 0.3) is 0 Å². The molecular formula is C14H30O5Si. The van der Waals surface area contributed by atoms with Crippen LogP contribution in [-0.2, 0) is 14.0 Å². The molecule has 0 radical (unpaired) electrons. The van der Waals surface area contributed by atoms with Gasteiger partial charge in [0.1, 0.15) is 0 Å². The number of carbonyl (C=O) groups is 1. The van der Waals surface area contributed by atoms with Gasteiger partial charge in [0, 0.05) is 19.8 Å². The molecule has 0 rings (SSSR count). The monoisotopic (exact) mass is 306 g/mol. The molecule has 0 aliphatic heterocycles. The van der Waals surface area contributed by atoms with Crippen LogP contribution in [0.25, 0.3) is 0 Å². The molecule has 0 bridgehead atoms. The Kier molecular flexibility index (Phi) is 8.58. The third-order valence-electron chi connectivity index (χ3n) is 3.70. The van der Waals surface area contributed by atoms with Crippen molar-refractivity contribution in [3.8, 4) is 0 Å². The lowest BCUT2D eigenvalue weighted by molar-refractivity contribution is -0.139. The minimum Gasteiger partial charge on any atom is -0.481 e. The molecule has 2 N–H and O–H groups in total. The Morgan fingerprint density at radius 2 is 1.85 bits per heavy atom. The Balaban J connectivity index is 4.38. The molecule has 5 nitrogen and oxygen atoms in total. The summed E-state index contributed by atoms with van der Waals surface area (Å²) in [7, 11) is -1.97. The largest absolute Gasteiger partial charge is 0.481 e. The van der Waals surface area contributed by atoms with E-state index in [9.17, 15) is 4.79 Å². The van der Waals surface area contributed by atoms with Gasteiger partial charge >= 0.3 is 5.97 Å². The lowest BCUT2D eigenvalue weighted by Gasteiger charge is -2.39. The molecule has 0 aromatic heterocycles. The minimum atomic E-state index is -1.97. The van der Waals surface area contributed by atoms with Gasteiger partial charge in [0.15, 0.2) is 8.32 Å². The first-order chi connectivity index (χ1) is 9.10. The van der Waals surface area contributed by atoms with Gasteiger partial charge in [-0.05, 0) is 31.0 Å². The average molecular weight is 306 g/mol. The lowest BCUT2D eigenvalue weighted by Crippen LogP contribution is -2.44. The first-order valence-corrected chi connectivity index (χ1v) is 10.1. The number of aliphatic hydroxyl groups excluding tert-OH is 1. The van der Waals surface area contributed by atoms with E-state index in [2.05, 4.69) is 33.9 Å². The maximum absolute atomic E-state index is 10.9. The van der Waals surface area contributed by atoms with E-state index in [-0.39, 0.29) is 24.2 Å². The van der Waals surface area contributed by atoms with Crippen LogP contribution in [0.15, 0.2) is 0 Å². The van der Waals surface area contributed by atoms with Crippen LogP contribution in [-0.4, -0.2) is 50.4 Å². The van der Waals surface area contributed by atoms with Crippen LogP contribution in [0.4, 0.5) is 0 Å². The fraction of sp³-hybridized carbons (Fsp3) is 0.929. The van der Waals surface area contributed by atoms with Crippen LogP contribution in [0.5, 0.6) is 0 Å². The second-order valence-electron chi connectivity index (χ2n) is 6.58. The molecule has 0 aromatic carbocycles. The highest BCUT2D eigenvalue weighted by atomic mass is 28.4. The van der Waals surface area contributed by atoms with E-state index in [0.29, 0.717) is 26.1 Å². The molecule has 20 heavy (non-hydrogen) atoms. The summed E-state index contributed by atoms with van der Waals surface area (Å²) < 4.78 is 11.5. The SMILES string of the molecule is CC(C)(C)[Si](C)(C)O[C@H](CCOCCCO)CC(=O)O. The van der Waals surface area contributed by atoms with Gasteiger partial charge in [-0.2, -0.15) is 0 Å². The molecule has 0 spiro atoms. The summed E-state index contributed by atoms with van der Waals surface area (Å²) >= 11 is 0. The molecule has 0 saturated heterocycles. The smallest absolute Gasteiger partial charge is 0.305 e. The van der Waals surface area contributed by atoms with Crippen molar-refractivity contribution in [2.45, 2.75) is 64.3 Å². The number of carboxylic acid groups (broad SMARTS) is 1. The van der Waals surface area contributed by atoms with E-state index in [1.54, 1.807) is 0 Å². The Bertz CT molecular complexity index is 286. The molecule has 120 valence electrons. The maximum Gasteiger partial charge on any atom is 0.305 e. The van der Waals surface area contributed by atoms with Gasteiger partial charge < -0.3 is 19.4 Å². The van der Waals surface area contributed by atoms with Crippen LogP contribution in [0.3, 0.4) is 0 Å². The number of carboxylic acids is 1. The Labute approximate surface area is 123 Å². The van der Waals surface area contributed by atoms with Crippen molar-refractivity contribution in [3.05, 3.63) is 0 Å². The number of aliphatic carboxylic acids is 1. The molecule has 0 fully saturated rings.